The maximum atomic E-state index is 5.76. The highest BCUT2D eigenvalue weighted by molar-refractivity contribution is 8.01. The van der Waals surface area contributed by atoms with E-state index in [-0.39, 0.29) is 0 Å². The molecule has 0 saturated heterocycles. The lowest BCUT2D eigenvalue weighted by Gasteiger charge is -1.98. The standard InChI is InChI=1S/C9H6N4OS2/c10-5-1-2-6(8-7(5)12-14-13-8)16-9-11-3-4-15-9/h1-4H,10H2. The van der Waals surface area contributed by atoms with E-state index < -0.39 is 0 Å². The first kappa shape index (κ1) is 9.61. The van der Waals surface area contributed by atoms with Crippen LogP contribution in [0.1, 0.15) is 0 Å². The molecule has 80 valence electrons. The van der Waals surface area contributed by atoms with Gasteiger partial charge in [0.25, 0.3) is 0 Å². The monoisotopic (exact) mass is 250 g/mol. The average molecular weight is 250 g/mol. The fourth-order valence-corrected chi connectivity index (χ4v) is 2.96. The third kappa shape index (κ3) is 1.54. The largest absolute Gasteiger partial charge is 0.397 e. The molecule has 0 saturated carbocycles. The topological polar surface area (TPSA) is 77.8 Å². The van der Waals surface area contributed by atoms with Crippen molar-refractivity contribution in [3.63, 3.8) is 0 Å². The van der Waals surface area contributed by atoms with Crippen LogP contribution in [0.15, 0.2) is 37.6 Å². The van der Waals surface area contributed by atoms with E-state index in [0.29, 0.717) is 16.7 Å². The van der Waals surface area contributed by atoms with Crippen molar-refractivity contribution >= 4 is 39.8 Å². The average Bonchev–Trinajstić information content (AvgIpc) is 2.92. The van der Waals surface area contributed by atoms with Gasteiger partial charge in [0.2, 0.25) is 0 Å². The van der Waals surface area contributed by atoms with Crippen LogP contribution < -0.4 is 5.73 Å². The van der Waals surface area contributed by atoms with Gasteiger partial charge in [0.05, 0.1) is 5.69 Å². The number of benzene rings is 1. The SMILES string of the molecule is Nc1ccc(Sc2nccs2)c2nonc12. The Kier molecular flexibility index (Phi) is 2.26. The van der Waals surface area contributed by atoms with Crippen LogP contribution in [0.2, 0.25) is 0 Å². The fraction of sp³-hybridized carbons (Fsp3) is 0. The first-order valence-corrected chi connectivity index (χ1v) is 6.12. The molecule has 3 rings (SSSR count). The normalized spacial score (nSPS) is 11.0. The van der Waals surface area contributed by atoms with Gasteiger partial charge in [-0.15, -0.1) is 11.3 Å². The Hall–Kier alpha value is -1.60. The molecular weight excluding hydrogens is 244 g/mol. The van der Waals surface area contributed by atoms with Crippen molar-refractivity contribution in [3.8, 4) is 0 Å². The van der Waals surface area contributed by atoms with Crippen LogP contribution in [-0.4, -0.2) is 15.3 Å². The Morgan fingerprint density at radius 2 is 2.12 bits per heavy atom. The molecule has 2 N–H and O–H groups in total. The van der Waals surface area contributed by atoms with Crippen molar-refractivity contribution in [1.82, 2.24) is 15.3 Å². The van der Waals surface area contributed by atoms with Crippen LogP contribution in [-0.2, 0) is 0 Å². The molecule has 0 radical (unpaired) electrons. The van der Waals surface area contributed by atoms with Gasteiger partial charge in [-0.25, -0.2) is 9.61 Å². The lowest BCUT2D eigenvalue weighted by Crippen LogP contribution is -1.87. The molecule has 3 aromatic rings. The number of rotatable bonds is 2. The molecule has 7 heteroatoms. The molecule has 16 heavy (non-hydrogen) atoms. The minimum absolute atomic E-state index is 0.569. The molecule has 0 aliphatic carbocycles. The Bertz CT molecular complexity index is 620. The lowest BCUT2D eigenvalue weighted by molar-refractivity contribution is 0.315. The number of nitrogens with two attached hydrogens (primary N) is 1. The molecule has 5 nitrogen and oxygen atoms in total. The summed E-state index contributed by atoms with van der Waals surface area (Å²) in [4.78, 5) is 5.14. The molecule has 2 aromatic heterocycles. The van der Waals surface area contributed by atoms with E-state index >= 15 is 0 Å². The summed E-state index contributed by atoms with van der Waals surface area (Å²) in [5, 5.41) is 9.55. The van der Waals surface area contributed by atoms with Crippen molar-refractivity contribution in [2.75, 3.05) is 5.73 Å². The first-order chi connectivity index (χ1) is 7.84. The van der Waals surface area contributed by atoms with Crippen molar-refractivity contribution < 1.29 is 4.63 Å². The second-order valence-corrected chi connectivity index (χ2v) is 5.20. The number of hydrogen-bond donors (Lipinski definition) is 1. The van der Waals surface area contributed by atoms with Gasteiger partial charge in [0, 0.05) is 16.5 Å². The van der Waals surface area contributed by atoms with Crippen LogP contribution in [0, 0.1) is 0 Å². The van der Waals surface area contributed by atoms with E-state index in [1.807, 2.05) is 11.4 Å². The van der Waals surface area contributed by atoms with Gasteiger partial charge in [-0.2, -0.15) is 0 Å². The number of anilines is 1. The van der Waals surface area contributed by atoms with E-state index in [2.05, 4.69) is 15.3 Å². The number of nitrogen functional groups attached to an aromatic ring is 1. The summed E-state index contributed by atoms with van der Waals surface area (Å²) in [5.41, 5.74) is 7.61. The van der Waals surface area contributed by atoms with E-state index in [1.54, 1.807) is 23.6 Å². The van der Waals surface area contributed by atoms with Crippen LogP contribution >= 0.6 is 23.1 Å². The van der Waals surface area contributed by atoms with Gasteiger partial charge < -0.3 is 5.73 Å². The molecule has 0 atom stereocenters. The zero-order chi connectivity index (χ0) is 11.0. The van der Waals surface area contributed by atoms with Crippen molar-refractivity contribution in [2.24, 2.45) is 0 Å². The Balaban J connectivity index is 2.10. The Labute approximate surface area is 98.6 Å². The summed E-state index contributed by atoms with van der Waals surface area (Å²) < 4.78 is 5.65. The van der Waals surface area contributed by atoms with Crippen LogP contribution in [0.3, 0.4) is 0 Å². The highest BCUT2D eigenvalue weighted by atomic mass is 32.2. The van der Waals surface area contributed by atoms with Crippen molar-refractivity contribution in [3.05, 3.63) is 23.7 Å². The molecule has 0 aliphatic heterocycles. The third-order valence-electron chi connectivity index (χ3n) is 2.02. The minimum Gasteiger partial charge on any atom is -0.397 e. The smallest absolute Gasteiger partial charge is 0.159 e. The zero-order valence-corrected chi connectivity index (χ0v) is 9.59. The molecule has 0 spiro atoms. The van der Waals surface area contributed by atoms with E-state index in [9.17, 15) is 0 Å². The quantitative estimate of drug-likeness (QED) is 0.704. The number of hydrogen-bond acceptors (Lipinski definition) is 7. The molecule has 0 fully saturated rings. The maximum Gasteiger partial charge on any atom is 0.159 e. The Morgan fingerprint density at radius 3 is 2.94 bits per heavy atom. The summed E-state index contributed by atoms with van der Waals surface area (Å²) in [6.45, 7) is 0. The highest BCUT2D eigenvalue weighted by Crippen LogP contribution is 2.34. The maximum absolute atomic E-state index is 5.76. The van der Waals surface area contributed by atoms with E-state index in [0.717, 1.165) is 9.24 Å². The number of thiazole rings is 1. The summed E-state index contributed by atoms with van der Waals surface area (Å²) in [6, 6.07) is 3.69. The predicted octanol–water partition coefficient (Wildman–Crippen LogP) is 2.41. The van der Waals surface area contributed by atoms with E-state index in [1.165, 1.54) is 11.8 Å². The minimum atomic E-state index is 0.569. The molecule has 1 aromatic carbocycles. The van der Waals surface area contributed by atoms with Gasteiger partial charge in [-0.3, -0.25) is 0 Å². The number of aromatic nitrogens is 3. The number of nitrogens with zero attached hydrogens (tertiary/aromatic N) is 3. The van der Waals surface area contributed by atoms with Crippen LogP contribution in [0.5, 0.6) is 0 Å². The van der Waals surface area contributed by atoms with Gasteiger partial charge in [0.1, 0.15) is 0 Å². The second-order valence-electron chi connectivity index (χ2n) is 3.01. The van der Waals surface area contributed by atoms with Crippen molar-refractivity contribution in [1.29, 1.82) is 0 Å². The van der Waals surface area contributed by atoms with Gasteiger partial charge in [-0.1, -0.05) is 11.8 Å². The van der Waals surface area contributed by atoms with Gasteiger partial charge in [-0.05, 0) is 22.4 Å². The van der Waals surface area contributed by atoms with E-state index in [4.69, 9.17) is 10.4 Å². The zero-order valence-electron chi connectivity index (χ0n) is 7.95. The molecule has 0 bridgehead atoms. The van der Waals surface area contributed by atoms with Crippen molar-refractivity contribution in [2.45, 2.75) is 9.24 Å². The first-order valence-electron chi connectivity index (χ1n) is 4.42. The molecule has 0 unspecified atom stereocenters. The summed E-state index contributed by atoms with van der Waals surface area (Å²) in [6.07, 6.45) is 1.77. The molecule has 0 amide bonds. The summed E-state index contributed by atoms with van der Waals surface area (Å²) in [5.74, 6) is 0. The number of fused-ring (bicyclic) bond motifs is 1. The third-order valence-corrected chi connectivity index (χ3v) is 3.95. The molecule has 0 aliphatic rings. The summed E-state index contributed by atoms with van der Waals surface area (Å²) >= 11 is 3.10. The lowest BCUT2D eigenvalue weighted by atomic mass is 10.3. The second kappa shape index (κ2) is 3.76. The highest BCUT2D eigenvalue weighted by Gasteiger charge is 2.11. The van der Waals surface area contributed by atoms with Crippen LogP contribution in [0.25, 0.3) is 11.0 Å². The van der Waals surface area contributed by atoms with Crippen LogP contribution in [0.4, 0.5) is 5.69 Å². The summed E-state index contributed by atoms with van der Waals surface area (Å²) in [7, 11) is 0. The fourth-order valence-electron chi connectivity index (χ4n) is 1.30. The Morgan fingerprint density at radius 1 is 1.25 bits per heavy atom. The van der Waals surface area contributed by atoms with Gasteiger partial charge >= 0.3 is 0 Å². The molecule has 2 heterocycles. The molecular formula is C9H6N4OS2. The predicted molar refractivity (Wildman–Crippen MR) is 62.5 cm³/mol. The van der Waals surface area contributed by atoms with Gasteiger partial charge in [0.15, 0.2) is 15.4 Å².